The molecule has 3 rings (SSSR count). The van der Waals surface area contributed by atoms with Gasteiger partial charge in [0.05, 0.1) is 28.1 Å². The number of carbonyl (C=O) groups is 2. The van der Waals surface area contributed by atoms with Gasteiger partial charge < -0.3 is 15.2 Å². The summed E-state index contributed by atoms with van der Waals surface area (Å²) in [7, 11) is 0. The first-order valence-electron chi connectivity index (χ1n) is 10.8. The highest BCUT2D eigenvalue weighted by Crippen LogP contribution is 2.29. The molecule has 2 amide bonds. The van der Waals surface area contributed by atoms with Gasteiger partial charge in [-0.25, -0.2) is 8.78 Å². The summed E-state index contributed by atoms with van der Waals surface area (Å²) in [5.74, 6) is -2.22. The van der Waals surface area contributed by atoms with Gasteiger partial charge in [0.25, 0.3) is 5.91 Å². The van der Waals surface area contributed by atoms with E-state index in [1.807, 2.05) is 13.8 Å². The number of allylic oxidation sites excluding steroid dienone is 1. The first-order chi connectivity index (χ1) is 17.1. The maximum Gasteiger partial charge on any atom is 0.253 e. The molecule has 0 saturated heterocycles. The van der Waals surface area contributed by atoms with Crippen molar-refractivity contribution in [1.82, 2.24) is 20.1 Å². The minimum Gasteiger partial charge on any atom is -0.342 e. The molecule has 12 heteroatoms. The zero-order chi connectivity index (χ0) is 26.4. The first kappa shape index (κ1) is 27.8. The summed E-state index contributed by atoms with van der Waals surface area (Å²) in [5.41, 5.74) is 0.183. The Hall–Kier alpha value is -2.76. The number of carbonyl (C=O) groups excluding carboxylic acids is 2. The normalized spacial score (nSPS) is 11.9. The number of rotatable bonds is 10. The third kappa shape index (κ3) is 6.71. The molecule has 3 aromatic rings. The van der Waals surface area contributed by atoms with Crippen LogP contribution in [-0.4, -0.2) is 32.3 Å². The third-order valence-electron chi connectivity index (χ3n) is 5.01. The Morgan fingerprint density at radius 3 is 2.61 bits per heavy atom. The molecule has 0 aliphatic carbocycles. The van der Waals surface area contributed by atoms with Gasteiger partial charge in [-0.3, -0.25) is 9.59 Å². The second-order valence-corrected chi connectivity index (χ2v) is 10.2. The fourth-order valence-corrected chi connectivity index (χ4v) is 4.78. The summed E-state index contributed by atoms with van der Waals surface area (Å²) in [6.07, 6.45) is 1.65. The molecule has 1 atom stereocenters. The Kier molecular flexibility index (Phi) is 9.63. The maximum absolute atomic E-state index is 14.0. The van der Waals surface area contributed by atoms with Crippen molar-refractivity contribution in [2.75, 3.05) is 11.1 Å². The molecule has 2 aromatic carbocycles. The van der Waals surface area contributed by atoms with E-state index in [0.717, 1.165) is 17.8 Å². The molecule has 0 aliphatic heterocycles. The molecule has 1 aromatic heterocycles. The van der Waals surface area contributed by atoms with E-state index in [-0.39, 0.29) is 27.7 Å². The first-order valence-corrected chi connectivity index (χ1v) is 12.9. The van der Waals surface area contributed by atoms with Crippen molar-refractivity contribution in [3.63, 3.8) is 0 Å². The number of anilines is 1. The Morgan fingerprint density at radius 1 is 1.25 bits per heavy atom. The van der Waals surface area contributed by atoms with Crippen LogP contribution in [0.15, 0.2) is 58.7 Å². The molecule has 0 saturated carbocycles. The Labute approximate surface area is 224 Å². The van der Waals surface area contributed by atoms with Gasteiger partial charge in [0, 0.05) is 17.1 Å². The molecular formula is C24H23BrClF2N5O2S. The molecule has 7 nitrogen and oxygen atoms in total. The summed E-state index contributed by atoms with van der Waals surface area (Å²) < 4.78 is 29.2. The van der Waals surface area contributed by atoms with Gasteiger partial charge in [0.2, 0.25) is 5.91 Å². The van der Waals surface area contributed by atoms with Crippen LogP contribution in [-0.2, 0) is 11.3 Å². The van der Waals surface area contributed by atoms with Crippen molar-refractivity contribution in [1.29, 1.82) is 0 Å². The largest absolute Gasteiger partial charge is 0.342 e. The van der Waals surface area contributed by atoms with Crippen molar-refractivity contribution >= 4 is 56.8 Å². The van der Waals surface area contributed by atoms with Crippen molar-refractivity contribution in [3.05, 3.63) is 81.6 Å². The van der Waals surface area contributed by atoms with Crippen molar-refractivity contribution in [2.45, 2.75) is 31.6 Å². The average molecular weight is 599 g/mol. The predicted molar refractivity (Wildman–Crippen MR) is 140 cm³/mol. The summed E-state index contributed by atoms with van der Waals surface area (Å²) in [6.45, 7) is 7.96. The lowest BCUT2D eigenvalue weighted by molar-refractivity contribution is -0.113. The smallest absolute Gasteiger partial charge is 0.253 e. The second-order valence-electron chi connectivity index (χ2n) is 8.00. The Bertz CT molecular complexity index is 1260. The summed E-state index contributed by atoms with van der Waals surface area (Å²) in [5, 5.41) is 14.6. The maximum atomic E-state index is 14.0. The molecule has 0 aliphatic rings. The fraction of sp³-hybridized carbons (Fsp3) is 0.250. The summed E-state index contributed by atoms with van der Waals surface area (Å²) >= 11 is 10.3. The van der Waals surface area contributed by atoms with Gasteiger partial charge in [0.15, 0.2) is 16.8 Å². The highest BCUT2D eigenvalue weighted by molar-refractivity contribution is 9.10. The highest BCUT2D eigenvalue weighted by Gasteiger charge is 2.27. The number of halogens is 4. The Morgan fingerprint density at radius 2 is 1.97 bits per heavy atom. The number of benzene rings is 2. The molecule has 1 heterocycles. The van der Waals surface area contributed by atoms with Crippen molar-refractivity contribution in [2.24, 2.45) is 5.92 Å². The second kappa shape index (κ2) is 12.5. The van der Waals surface area contributed by atoms with Crippen LogP contribution in [0, 0.1) is 17.6 Å². The Balaban J connectivity index is 1.78. The minimum atomic E-state index is -0.897. The van der Waals surface area contributed by atoms with Crippen molar-refractivity contribution < 1.29 is 18.4 Å². The van der Waals surface area contributed by atoms with Crippen LogP contribution in [0.1, 0.15) is 36.1 Å². The van der Waals surface area contributed by atoms with Crippen LogP contribution >= 0.6 is 39.3 Å². The predicted octanol–water partition coefficient (Wildman–Crippen LogP) is 6.02. The fourth-order valence-electron chi connectivity index (χ4n) is 3.30. The summed E-state index contributed by atoms with van der Waals surface area (Å²) in [4.78, 5) is 25.4. The number of nitrogens with one attached hydrogen (secondary N) is 2. The molecule has 2 N–H and O–H groups in total. The number of aromatic nitrogens is 3. The lowest BCUT2D eigenvalue weighted by Gasteiger charge is -2.23. The molecule has 0 fully saturated rings. The number of hydrogen-bond acceptors (Lipinski definition) is 5. The van der Waals surface area contributed by atoms with Gasteiger partial charge in [-0.1, -0.05) is 55.4 Å². The van der Waals surface area contributed by atoms with Gasteiger partial charge in [0.1, 0.15) is 5.82 Å². The van der Waals surface area contributed by atoms with Crippen LogP contribution in [0.4, 0.5) is 14.5 Å². The average Bonchev–Trinajstić information content (AvgIpc) is 3.20. The molecular weight excluding hydrogens is 576 g/mol. The van der Waals surface area contributed by atoms with Crippen LogP contribution in [0.5, 0.6) is 0 Å². The lowest BCUT2D eigenvalue weighted by Crippen LogP contribution is -2.34. The number of thioether (sulfide) groups is 1. The minimum absolute atomic E-state index is 0.0517. The van der Waals surface area contributed by atoms with E-state index in [1.165, 1.54) is 0 Å². The third-order valence-corrected chi connectivity index (χ3v) is 6.93. The molecule has 0 spiro atoms. The SMILES string of the molecule is C=CCn1c(SCC(=O)Nc2c(F)cc(F)cc2Br)nnc1[C@@H](NC(=O)c1ccccc1Cl)C(C)C. The van der Waals surface area contributed by atoms with E-state index in [2.05, 4.69) is 43.3 Å². The van der Waals surface area contributed by atoms with E-state index < -0.39 is 23.6 Å². The van der Waals surface area contributed by atoms with Gasteiger partial charge in [-0.2, -0.15) is 0 Å². The van der Waals surface area contributed by atoms with E-state index in [9.17, 15) is 18.4 Å². The molecule has 0 unspecified atom stereocenters. The topological polar surface area (TPSA) is 88.9 Å². The van der Waals surface area contributed by atoms with Gasteiger partial charge >= 0.3 is 0 Å². The van der Waals surface area contributed by atoms with E-state index in [1.54, 1.807) is 34.9 Å². The number of amides is 2. The molecule has 36 heavy (non-hydrogen) atoms. The monoisotopic (exact) mass is 597 g/mol. The zero-order valence-corrected chi connectivity index (χ0v) is 22.6. The molecule has 0 radical (unpaired) electrons. The standard InChI is InChI=1S/C24H23BrClF2N5O2S/c1-4-9-33-22(20(13(2)3)30-23(35)15-7-5-6-8-17(15)26)31-32-24(33)36-12-19(34)29-21-16(25)10-14(27)11-18(21)28/h4-8,10-11,13,20H,1,9,12H2,2-3H3,(H,29,34)(H,30,35)/t20-/m0/s1. The van der Waals surface area contributed by atoms with Crippen molar-refractivity contribution in [3.8, 4) is 0 Å². The van der Waals surface area contributed by atoms with E-state index in [4.69, 9.17) is 11.6 Å². The highest BCUT2D eigenvalue weighted by atomic mass is 79.9. The quantitative estimate of drug-likeness (QED) is 0.220. The van der Waals surface area contributed by atoms with Gasteiger partial charge in [-0.05, 0) is 40.0 Å². The molecule has 0 bridgehead atoms. The van der Waals surface area contributed by atoms with E-state index in [0.29, 0.717) is 34.2 Å². The van der Waals surface area contributed by atoms with Crippen LogP contribution in [0.3, 0.4) is 0 Å². The van der Waals surface area contributed by atoms with Crippen LogP contribution in [0.25, 0.3) is 0 Å². The lowest BCUT2D eigenvalue weighted by atomic mass is 10.0. The van der Waals surface area contributed by atoms with E-state index >= 15 is 0 Å². The summed E-state index contributed by atoms with van der Waals surface area (Å²) in [6, 6.07) is 7.96. The number of hydrogen-bond donors (Lipinski definition) is 2. The van der Waals surface area contributed by atoms with Gasteiger partial charge in [-0.15, -0.1) is 16.8 Å². The van der Waals surface area contributed by atoms with Crippen LogP contribution < -0.4 is 10.6 Å². The zero-order valence-electron chi connectivity index (χ0n) is 19.4. The van der Waals surface area contributed by atoms with Crippen LogP contribution in [0.2, 0.25) is 5.02 Å². The number of nitrogens with zero attached hydrogens (tertiary/aromatic N) is 3. The molecule has 190 valence electrons.